The van der Waals surface area contributed by atoms with Crippen molar-refractivity contribution in [3.8, 4) is 6.07 Å². The number of rotatable bonds is 2. The van der Waals surface area contributed by atoms with Crippen LogP contribution in [0, 0.1) is 22.6 Å². The van der Waals surface area contributed by atoms with Gasteiger partial charge in [0.15, 0.2) is 4.87 Å². The number of benzene rings is 1. The molecule has 2 fully saturated rings. The van der Waals surface area contributed by atoms with Gasteiger partial charge in [-0.1, -0.05) is 33.7 Å². The van der Waals surface area contributed by atoms with Gasteiger partial charge in [0.05, 0.1) is 23.3 Å². The van der Waals surface area contributed by atoms with E-state index in [1.165, 1.54) is 38.6 Å². The topological polar surface area (TPSA) is 64.4 Å². The fraction of sp³-hybridized carbons (Fsp3) is 0.500. The second-order valence-corrected chi connectivity index (χ2v) is 9.71. The fourth-order valence-corrected chi connectivity index (χ4v) is 6.22. The lowest BCUT2D eigenvalue weighted by Crippen LogP contribution is -2.58. The second-order valence-electron chi connectivity index (χ2n) is 7.01. The maximum Gasteiger partial charge on any atom is 0.260 e. The highest BCUT2D eigenvalue weighted by atomic mass is 33.1. The molecule has 138 valence electrons. The first-order valence-corrected chi connectivity index (χ1v) is 10.6. The summed E-state index contributed by atoms with van der Waals surface area (Å²) in [7, 11) is 4.37. The van der Waals surface area contributed by atoms with Crippen LogP contribution in [0.25, 0.3) is 0 Å². The molecule has 0 saturated carbocycles. The lowest BCUT2D eigenvalue weighted by molar-refractivity contribution is -0.145. The van der Waals surface area contributed by atoms with Gasteiger partial charge in [0.2, 0.25) is 5.91 Å². The molecule has 2 aliphatic rings. The largest absolute Gasteiger partial charge is 0.331 e. The highest BCUT2D eigenvalue weighted by molar-refractivity contribution is 8.77. The van der Waals surface area contributed by atoms with Crippen LogP contribution in [0.2, 0.25) is 0 Å². The van der Waals surface area contributed by atoms with E-state index in [2.05, 4.69) is 6.07 Å². The Bertz CT molecular complexity index is 782. The molecule has 2 heterocycles. The molecule has 1 aromatic rings. The van der Waals surface area contributed by atoms with Crippen LogP contribution in [-0.2, 0) is 9.59 Å². The van der Waals surface area contributed by atoms with E-state index >= 15 is 0 Å². The van der Waals surface area contributed by atoms with Crippen LogP contribution in [0.4, 0.5) is 4.39 Å². The molecule has 1 aromatic carbocycles. The number of carbonyl (C=O) groups is 2. The monoisotopic (exact) mass is 393 g/mol. The molecule has 0 spiro atoms. The van der Waals surface area contributed by atoms with Gasteiger partial charge in [-0.05, 0) is 38.0 Å². The minimum Gasteiger partial charge on any atom is -0.331 e. The van der Waals surface area contributed by atoms with E-state index in [0.717, 1.165) is 5.56 Å². The molecule has 1 unspecified atom stereocenters. The van der Waals surface area contributed by atoms with E-state index in [0.29, 0.717) is 18.7 Å². The third kappa shape index (κ3) is 2.97. The van der Waals surface area contributed by atoms with Crippen LogP contribution >= 0.6 is 21.6 Å². The first-order chi connectivity index (χ1) is 12.2. The van der Waals surface area contributed by atoms with Gasteiger partial charge < -0.3 is 9.80 Å². The first kappa shape index (κ1) is 19.1. The molecule has 5 nitrogen and oxygen atoms in total. The summed E-state index contributed by atoms with van der Waals surface area (Å²) in [4.78, 5) is 27.7. The predicted octanol–water partition coefficient (Wildman–Crippen LogP) is 3.20. The summed E-state index contributed by atoms with van der Waals surface area (Å²) in [5.74, 6) is -0.315. The molecule has 3 rings (SSSR count). The smallest absolute Gasteiger partial charge is 0.260 e. The third-order valence-electron chi connectivity index (χ3n) is 5.30. The van der Waals surface area contributed by atoms with Crippen LogP contribution in [0.1, 0.15) is 31.9 Å². The average molecular weight is 394 g/mol. The Balaban J connectivity index is 2.00. The van der Waals surface area contributed by atoms with Crippen molar-refractivity contribution in [1.82, 2.24) is 9.80 Å². The Morgan fingerprint density at radius 2 is 2.00 bits per heavy atom. The number of halogens is 1. The summed E-state index contributed by atoms with van der Waals surface area (Å²) < 4.78 is 13.4. The van der Waals surface area contributed by atoms with Crippen molar-refractivity contribution in [2.45, 2.75) is 31.2 Å². The highest BCUT2D eigenvalue weighted by Gasteiger charge is 2.54. The Labute approximate surface area is 160 Å². The van der Waals surface area contributed by atoms with Crippen molar-refractivity contribution >= 4 is 33.4 Å². The quantitative estimate of drug-likeness (QED) is 0.722. The zero-order valence-electron chi connectivity index (χ0n) is 14.9. The molecule has 0 aromatic heterocycles. The van der Waals surface area contributed by atoms with Gasteiger partial charge in [-0.25, -0.2) is 4.39 Å². The van der Waals surface area contributed by atoms with E-state index < -0.39 is 16.3 Å². The maximum atomic E-state index is 13.4. The number of nitriles is 1. The van der Waals surface area contributed by atoms with Gasteiger partial charge in [0, 0.05) is 13.6 Å². The molecule has 3 atom stereocenters. The summed E-state index contributed by atoms with van der Waals surface area (Å²) in [5.41, 5.74) is -0.0360. The van der Waals surface area contributed by atoms with Gasteiger partial charge in [0.1, 0.15) is 5.82 Å². The molecule has 0 bridgehead atoms. The Hall–Kier alpha value is -1.72. The Morgan fingerprint density at radius 1 is 1.35 bits per heavy atom. The number of likely N-dealkylation sites (tertiary alicyclic amines) is 1. The van der Waals surface area contributed by atoms with Crippen molar-refractivity contribution in [1.29, 1.82) is 5.26 Å². The van der Waals surface area contributed by atoms with Gasteiger partial charge in [-0.3, -0.25) is 9.59 Å². The fourth-order valence-electron chi connectivity index (χ4n) is 3.52. The molecule has 2 aliphatic heterocycles. The Kier molecular flexibility index (Phi) is 4.97. The molecule has 26 heavy (non-hydrogen) atoms. The maximum absolute atomic E-state index is 13.4. The molecule has 2 saturated heterocycles. The standard InChI is InChI=1S/C18H20FN3O2S2/c1-17(11-20)8-9-22(15(17)12-4-6-13(19)7-5-12)16(24)18(2)21(3)14(23)10-25-26-18/h4-7,15H,8-10H2,1-3H3/t15-,17+,18?/m0/s1. The lowest BCUT2D eigenvalue weighted by atomic mass is 9.80. The number of nitrogens with zero attached hydrogens (tertiary/aromatic N) is 3. The number of likely N-dealkylation sites (N-methyl/N-ethyl adjacent to an activating group) is 1. The number of amides is 2. The number of hydrogen-bond acceptors (Lipinski definition) is 5. The molecule has 0 radical (unpaired) electrons. The van der Waals surface area contributed by atoms with Crippen LogP contribution in [0.5, 0.6) is 0 Å². The highest BCUT2D eigenvalue weighted by Crippen LogP contribution is 2.50. The minimum atomic E-state index is -1.03. The van der Waals surface area contributed by atoms with E-state index in [4.69, 9.17) is 0 Å². The van der Waals surface area contributed by atoms with Crippen LogP contribution in [0.15, 0.2) is 24.3 Å². The molecular weight excluding hydrogens is 373 g/mol. The molecule has 0 N–H and O–H groups in total. The number of carbonyl (C=O) groups excluding carboxylic acids is 2. The molecular formula is C18H20FN3O2S2. The minimum absolute atomic E-state index is 0.0924. The van der Waals surface area contributed by atoms with Crippen LogP contribution in [-0.4, -0.2) is 45.8 Å². The zero-order valence-corrected chi connectivity index (χ0v) is 16.5. The predicted molar refractivity (Wildman–Crippen MR) is 100 cm³/mol. The van der Waals surface area contributed by atoms with Crippen molar-refractivity contribution < 1.29 is 14.0 Å². The van der Waals surface area contributed by atoms with Crippen molar-refractivity contribution in [3.05, 3.63) is 35.6 Å². The lowest BCUT2D eigenvalue weighted by Gasteiger charge is -2.43. The molecule has 2 amide bonds. The normalized spacial score (nSPS) is 31.8. The second kappa shape index (κ2) is 6.78. The van der Waals surface area contributed by atoms with Gasteiger partial charge >= 0.3 is 0 Å². The molecule has 0 aliphatic carbocycles. The Morgan fingerprint density at radius 3 is 2.62 bits per heavy atom. The summed E-state index contributed by atoms with van der Waals surface area (Å²) in [6.45, 7) is 4.00. The average Bonchev–Trinajstić information content (AvgIpc) is 2.98. The van der Waals surface area contributed by atoms with E-state index in [9.17, 15) is 19.2 Å². The first-order valence-electron chi connectivity index (χ1n) is 8.28. The zero-order chi connectivity index (χ0) is 19.1. The van der Waals surface area contributed by atoms with Crippen LogP contribution < -0.4 is 0 Å². The van der Waals surface area contributed by atoms with Gasteiger partial charge in [-0.15, -0.1) is 0 Å². The van der Waals surface area contributed by atoms with Crippen molar-refractivity contribution in [2.75, 3.05) is 19.3 Å². The van der Waals surface area contributed by atoms with Crippen LogP contribution in [0.3, 0.4) is 0 Å². The summed E-state index contributed by atoms with van der Waals surface area (Å²) in [5, 5.41) is 9.74. The summed E-state index contributed by atoms with van der Waals surface area (Å²) in [6.07, 6.45) is 0.531. The SMILES string of the molecule is CN1C(=O)CSSC1(C)C(=O)N1CC[C@](C)(C#N)[C@@H]1c1ccc(F)cc1. The number of hydrogen-bond donors (Lipinski definition) is 0. The van der Waals surface area contributed by atoms with Crippen molar-refractivity contribution in [3.63, 3.8) is 0 Å². The summed E-state index contributed by atoms with van der Waals surface area (Å²) >= 11 is 0. The molecule has 8 heteroatoms. The third-order valence-corrected chi connectivity index (χ3v) is 8.24. The van der Waals surface area contributed by atoms with Gasteiger partial charge in [-0.2, -0.15) is 5.26 Å². The van der Waals surface area contributed by atoms with Crippen molar-refractivity contribution in [2.24, 2.45) is 5.41 Å². The van der Waals surface area contributed by atoms with Gasteiger partial charge in [0.25, 0.3) is 5.91 Å². The van der Waals surface area contributed by atoms with E-state index in [-0.39, 0.29) is 17.6 Å². The summed E-state index contributed by atoms with van der Waals surface area (Å²) in [6, 6.07) is 7.81. The van der Waals surface area contributed by atoms with E-state index in [1.54, 1.807) is 31.0 Å². The van der Waals surface area contributed by atoms with E-state index in [1.807, 2.05) is 6.92 Å².